The summed E-state index contributed by atoms with van der Waals surface area (Å²) in [4.78, 5) is 23.9. The first-order valence-corrected chi connectivity index (χ1v) is 11.8. The topological polar surface area (TPSA) is 46.1 Å². The van der Waals surface area contributed by atoms with Crippen molar-refractivity contribution in [3.63, 3.8) is 0 Å². The van der Waals surface area contributed by atoms with Crippen molar-refractivity contribution in [1.29, 1.82) is 0 Å². The zero-order chi connectivity index (χ0) is 20.1. The van der Waals surface area contributed by atoms with Crippen molar-refractivity contribution >= 4 is 60.8 Å². The second-order valence-corrected chi connectivity index (χ2v) is 9.36. The fourth-order valence-electron chi connectivity index (χ4n) is 2.88. The molecule has 0 unspecified atom stereocenters. The summed E-state index contributed by atoms with van der Waals surface area (Å²) in [6.45, 7) is 0.447. The van der Waals surface area contributed by atoms with E-state index in [4.69, 9.17) is 0 Å². The molecule has 0 aliphatic carbocycles. The minimum Gasteiger partial charge on any atom is -0.306 e. The number of aromatic nitrogens is 2. The van der Waals surface area contributed by atoms with Crippen molar-refractivity contribution in [3.8, 4) is 0 Å². The van der Waals surface area contributed by atoms with Crippen LogP contribution >= 0.6 is 39.0 Å². The lowest BCUT2D eigenvalue weighted by Crippen LogP contribution is -2.32. The summed E-state index contributed by atoms with van der Waals surface area (Å²) in [5, 5.41) is 1.05. The predicted molar refractivity (Wildman–Crippen MR) is 125 cm³/mol. The molecule has 0 atom stereocenters. The van der Waals surface area contributed by atoms with Crippen molar-refractivity contribution in [2.45, 2.75) is 12.3 Å². The Morgan fingerprint density at radius 1 is 1.03 bits per heavy atom. The third kappa shape index (κ3) is 5.23. The molecular formula is C22H18BrN3OS2. The van der Waals surface area contributed by atoms with Gasteiger partial charge in [-0.05, 0) is 48.5 Å². The van der Waals surface area contributed by atoms with Crippen LogP contribution in [0.4, 0.5) is 5.69 Å². The molecule has 4 rings (SSSR count). The lowest BCUT2D eigenvalue weighted by Gasteiger charge is -2.22. The van der Waals surface area contributed by atoms with Crippen molar-refractivity contribution in [3.05, 3.63) is 88.1 Å². The van der Waals surface area contributed by atoms with E-state index in [1.165, 1.54) is 4.70 Å². The maximum atomic E-state index is 13.0. The number of nitrogens with zero attached hydrogens (tertiary/aromatic N) is 3. The molecule has 146 valence electrons. The summed E-state index contributed by atoms with van der Waals surface area (Å²) < 4.78 is 2.16. The van der Waals surface area contributed by atoms with Gasteiger partial charge < -0.3 is 4.90 Å². The van der Waals surface area contributed by atoms with Gasteiger partial charge in [0.2, 0.25) is 5.91 Å². The van der Waals surface area contributed by atoms with E-state index in [0.717, 1.165) is 32.1 Å². The number of fused-ring (bicyclic) bond motifs is 1. The number of hydrogen-bond acceptors (Lipinski definition) is 5. The molecule has 7 heteroatoms. The molecule has 0 saturated carbocycles. The number of thioether (sulfide) groups is 1. The molecule has 2 aromatic carbocycles. The molecule has 0 spiro atoms. The molecule has 2 heterocycles. The van der Waals surface area contributed by atoms with Gasteiger partial charge in [-0.2, -0.15) is 0 Å². The first kappa shape index (κ1) is 20.1. The van der Waals surface area contributed by atoms with E-state index < -0.39 is 0 Å². The van der Waals surface area contributed by atoms with Crippen molar-refractivity contribution in [2.24, 2.45) is 0 Å². The SMILES string of the molecule is O=C(CSCc1nc2ccccc2s1)N(Cc1ccccn1)c1ccc(Br)cc1. The van der Waals surface area contributed by atoms with Crippen molar-refractivity contribution in [1.82, 2.24) is 9.97 Å². The third-order valence-electron chi connectivity index (χ3n) is 4.27. The standard InChI is InChI=1S/C22H18BrN3OS2/c23-16-8-10-18(11-9-16)26(13-17-5-3-4-12-24-17)22(27)15-28-14-21-25-19-6-1-2-7-20(19)29-21/h1-12H,13-15H2. The minimum absolute atomic E-state index is 0.0593. The molecule has 2 aromatic heterocycles. The van der Waals surface area contributed by atoms with Gasteiger partial charge in [0, 0.05) is 22.1 Å². The van der Waals surface area contributed by atoms with Gasteiger partial charge in [-0.3, -0.25) is 9.78 Å². The Bertz CT molecular complexity index is 1070. The van der Waals surface area contributed by atoms with Crippen LogP contribution in [0, 0.1) is 0 Å². The molecule has 4 aromatic rings. The number of rotatable bonds is 7. The molecule has 0 N–H and O–H groups in total. The van der Waals surface area contributed by atoms with Crippen molar-refractivity contribution in [2.75, 3.05) is 10.7 Å². The zero-order valence-corrected chi connectivity index (χ0v) is 18.7. The highest BCUT2D eigenvalue weighted by molar-refractivity contribution is 9.10. The Morgan fingerprint density at radius 2 is 1.83 bits per heavy atom. The summed E-state index contributed by atoms with van der Waals surface area (Å²) >= 11 is 6.73. The molecule has 29 heavy (non-hydrogen) atoms. The molecule has 4 nitrogen and oxygen atoms in total. The molecule has 0 aliphatic heterocycles. The summed E-state index contributed by atoms with van der Waals surface area (Å²) in [6, 6.07) is 21.7. The third-order valence-corrected chi connectivity index (χ3v) is 6.95. The van der Waals surface area contributed by atoms with Crippen LogP contribution in [0.2, 0.25) is 0 Å². The van der Waals surface area contributed by atoms with Gasteiger partial charge in [0.1, 0.15) is 5.01 Å². The van der Waals surface area contributed by atoms with Crippen LogP contribution in [0.15, 0.2) is 77.4 Å². The molecule has 0 bridgehead atoms. The number of para-hydroxylation sites is 1. The first-order valence-electron chi connectivity index (χ1n) is 9.07. The predicted octanol–water partition coefficient (Wildman–Crippen LogP) is 5.92. The average Bonchev–Trinajstić information content (AvgIpc) is 3.16. The number of thiazole rings is 1. The van der Waals surface area contributed by atoms with Gasteiger partial charge >= 0.3 is 0 Å². The number of amides is 1. The van der Waals surface area contributed by atoms with Gasteiger partial charge in [-0.25, -0.2) is 4.98 Å². The Kier molecular flexibility index (Phi) is 6.59. The van der Waals surface area contributed by atoms with Crippen LogP contribution in [0.1, 0.15) is 10.7 Å². The van der Waals surface area contributed by atoms with E-state index in [-0.39, 0.29) is 5.91 Å². The summed E-state index contributed by atoms with van der Waals surface area (Å²) in [5.41, 5.74) is 2.75. The molecule has 0 fully saturated rings. The van der Waals surface area contributed by atoms with E-state index in [9.17, 15) is 4.79 Å². The van der Waals surface area contributed by atoms with E-state index in [1.54, 1.807) is 34.2 Å². The highest BCUT2D eigenvalue weighted by Crippen LogP contribution is 2.26. The number of benzene rings is 2. The van der Waals surface area contributed by atoms with E-state index >= 15 is 0 Å². The highest BCUT2D eigenvalue weighted by atomic mass is 79.9. The van der Waals surface area contributed by atoms with Gasteiger partial charge in [0.15, 0.2) is 0 Å². The van der Waals surface area contributed by atoms with Gasteiger partial charge in [-0.1, -0.05) is 34.1 Å². The first-order chi connectivity index (χ1) is 14.2. The number of halogens is 1. The fourth-order valence-corrected chi connectivity index (χ4v) is 5.07. The minimum atomic E-state index is 0.0593. The molecular weight excluding hydrogens is 466 g/mol. The maximum Gasteiger partial charge on any atom is 0.237 e. The van der Waals surface area contributed by atoms with Crippen LogP contribution in [0.3, 0.4) is 0 Å². The second-order valence-electron chi connectivity index (χ2n) is 6.35. The van der Waals surface area contributed by atoms with Crippen molar-refractivity contribution < 1.29 is 4.79 Å². The fraction of sp³-hybridized carbons (Fsp3) is 0.136. The zero-order valence-electron chi connectivity index (χ0n) is 15.5. The average molecular weight is 484 g/mol. The monoisotopic (exact) mass is 483 g/mol. The second kappa shape index (κ2) is 9.52. The number of anilines is 1. The Hall–Kier alpha value is -2.22. The lowest BCUT2D eigenvalue weighted by molar-refractivity contribution is -0.116. The van der Waals surface area contributed by atoms with Gasteiger partial charge in [0.05, 0.1) is 28.2 Å². The maximum absolute atomic E-state index is 13.0. The normalized spacial score (nSPS) is 10.9. The number of carbonyl (C=O) groups is 1. The van der Waals surface area contributed by atoms with E-state index in [0.29, 0.717) is 12.3 Å². The largest absolute Gasteiger partial charge is 0.306 e. The number of hydrogen-bond donors (Lipinski definition) is 0. The van der Waals surface area contributed by atoms with Crippen LogP contribution in [0.25, 0.3) is 10.2 Å². The lowest BCUT2D eigenvalue weighted by atomic mass is 10.2. The summed E-state index contributed by atoms with van der Waals surface area (Å²) in [5.74, 6) is 1.17. The van der Waals surface area contributed by atoms with E-state index in [2.05, 4.69) is 32.0 Å². The van der Waals surface area contributed by atoms with E-state index in [1.807, 2.05) is 60.7 Å². The quantitative estimate of drug-likeness (QED) is 0.327. The highest BCUT2D eigenvalue weighted by Gasteiger charge is 2.17. The summed E-state index contributed by atoms with van der Waals surface area (Å²) in [7, 11) is 0. The van der Waals surface area contributed by atoms with Gasteiger partial charge in [-0.15, -0.1) is 23.1 Å². The molecule has 0 aliphatic rings. The van der Waals surface area contributed by atoms with Crippen LogP contribution < -0.4 is 4.90 Å². The van der Waals surface area contributed by atoms with Gasteiger partial charge in [0.25, 0.3) is 0 Å². The summed E-state index contributed by atoms with van der Waals surface area (Å²) in [6.07, 6.45) is 1.75. The molecule has 0 saturated heterocycles. The molecule has 0 radical (unpaired) electrons. The van der Waals surface area contributed by atoms with Crippen LogP contribution in [0.5, 0.6) is 0 Å². The number of pyridine rings is 1. The Balaban J connectivity index is 1.44. The smallest absolute Gasteiger partial charge is 0.237 e. The Labute approximate surface area is 186 Å². The Morgan fingerprint density at radius 3 is 2.59 bits per heavy atom. The van der Waals surface area contributed by atoms with Crippen LogP contribution in [-0.2, 0) is 17.1 Å². The number of carbonyl (C=O) groups excluding carboxylic acids is 1. The van der Waals surface area contributed by atoms with Crippen LogP contribution in [-0.4, -0.2) is 21.6 Å². The molecule has 1 amide bonds.